The smallest absolute Gasteiger partial charge is 0.312 e. The second-order valence-corrected chi connectivity index (χ2v) is 7.32. The van der Waals surface area contributed by atoms with Crippen LogP contribution < -0.4 is 0 Å². The average Bonchev–Trinajstić information content (AvgIpc) is 2.89. The van der Waals surface area contributed by atoms with Crippen molar-refractivity contribution >= 4 is 5.91 Å². The number of furan rings is 1. The molecule has 0 atom stereocenters. The van der Waals surface area contributed by atoms with E-state index in [-0.39, 0.29) is 17.0 Å². The molecule has 1 aromatic rings. The summed E-state index contributed by atoms with van der Waals surface area (Å²) in [6.45, 7) is 9.83. The lowest BCUT2D eigenvalue weighted by atomic mass is 9.80. The zero-order valence-corrected chi connectivity index (χ0v) is 14.6. The predicted octanol–water partition coefficient (Wildman–Crippen LogP) is 3.46. The number of nitrogens with zero attached hydrogens (tertiary/aromatic N) is 2. The number of likely N-dealkylation sites (tertiary alicyclic amines) is 1. The molecule has 0 N–H and O–H groups in total. The van der Waals surface area contributed by atoms with Crippen LogP contribution in [0.3, 0.4) is 0 Å². The molecule has 1 fully saturated rings. The van der Waals surface area contributed by atoms with Crippen molar-refractivity contribution in [2.75, 3.05) is 14.2 Å². The molecule has 0 aliphatic carbocycles. The normalized spacial score (nSPS) is 20.8. The lowest BCUT2D eigenvalue weighted by molar-refractivity contribution is -0.0776. The molecular weight excluding hydrogens is 280 g/mol. The van der Waals surface area contributed by atoms with E-state index in [0.717, 1.165) is 10.8 Å². The summed E-state index contributed by atoms with van der Waals surface area (Å²) >= 11 is 0. The molecule has 5 heteroatoms. The van der Waals surface area contributed by atoms with Crippen molar-refractivity contribution in [2.45, 2.75) is 64.6 Å². The van der Waals surface area contributed by atoms with E-state index in [1.54, 1.807) is 13.1 Å². The van der Waals surface area contributed by atoms with E-state index in [1.807, 2.05) is 6.07 Å². The first kappa shape index (κ1) is 17.0. The number of rotatable bonds is 4. The molecule has 0 radical (unpaired) electrons. The predicted molar refractivity (Wildman–Crippen MR) is 85.4 cm³/mol. The van der Waals surface area contributed by atoms with Crippen LogP contribution in [-0.2, 0) is 11.4 Å². The lowest BCUT2D eigenvalue weighted by Crippen LogP contribution is -2.57. The number of carbonyl (C=O) groups excluding carboxylic acids is 1. The zero-order chi connectivity index (χ0) is 16.5. The van der Waals surface area contributed by atoms with E-state index >= 15 is 0 Å². The Morgan fingerprint density at radius 3 is 2.41 bits per heavy atom. The van der Waals surface area contributed by atoms with Gasteiger partial charge < -0.3 is 4.42 Å². The van der Waals surface area contributed by atoms with Crippen molar-refractivity contribution in [3.63, 3.8) is 0 Å². The number of piperidine rings is 1. The largest absolute Gasteiger partial charge is 0.454 e. The molecule has 0 bridgehead atoms. The molecule has 2 heterocycles. The lowest BCUT2D eigenvalue weighted by Gasteiger charge is -2.52. The summed E-state index contributed by atoms with van der Waals surface area (Å²) in [6.07, 6.45) is 3.60. The average molecular weight is 308 g/mol. The van der Waals surface area contributed by atoms with Gasteiger partial charge in [-0.15, -0.1) is 0 Å². The molecule has 22 heavy (non-hydrogen) atoms. The van der Waals surface area contributed by atoms with Gasteiger partial charge in [0.05, 0.1) is 13.7 Å². The summed E-state index contributed by atoms with van der Waals surface area (Å²) in [6, 6.07) is 3.61. The van der Waals surface area contributed by atoms with Crippen molar-refractivity contribution < 1.29 is 14.0 Å². The summed E-state index contributed by atoms with van der Waals surface area (Å²) in [7, 11) is 3.03. The van der Waals surface area contributed by atoms with Crippen LogP contribution in [0.2, 0.25) is 0 Å². The third-order valence-corrected chi connectivity index (χ3v) is 4.78. The Balaban J connectivity index is 2.16. The third kappa shape index (κ3) is 3.36. The summed E-state index contributed by atoms with van der Waals surface area (Å²) in [5.41, 5.74) is 0.254. The molecule has 0 spiro atoms. The molecule has 0 unspecified atom stereocenters. The maximum absolute atomic E-state index is 12.0. The van der Waals surface area contributed by atoms with E-state index in [0.29, 0.717) is 12.3 Å². The molecule has 1 saturated heterocycles. The molecule has 2 rings (SSSR count). The highest BCUT2D eigenvalue weighted by Crippen LogP contribution is 2.39. The van der Waals surface area contributed by atoms with Crippen molar-refractivity contribution in [2.24, 2.45) is 0 Å². The number of hydrogen-bond acceptors (Lipinski definition) is 4. The van der Waals surface area contributed by atoms with Crippen molar-refractivity contribution in [1.29, 1.82) is 0 Å². The first-order valence-electron chi connectivity index (χ1n) is 7.86. The van der Waals surface area contributed by atoms with Gasteiger partial charge in [-0.3, -0.25) is 14.5 Å². The van der Waals surface area contributed by atoms with Gasteiger partial charge in [-0.05, 0) is 59.1 Å². The minimum Gasteiger partial charge on any atom is -0.454 e. The van der Waals surface area contributed by atoms with Gasteiger partial charge in [0.15, 0.2) is 5.76 Å². The number of amides is 1. The molecule has 1 aliphatic rings. The second-order valence-electron chi connectivity index (χ2n) is 7.32. The molecule has 1 aromatic heterocycles. The molecular formula is C17H28N2O3. The first-order valence-corrected chi connectivity index (χ1v) is 7.86. The van der Waals surface area contributed by atoms with Crippen LogP contribution in [0.15, 0.2) is 16.5 Å². The number of hydroxylamine groups is 2. The summed E-state index contributed by atoms with van der Waals surface area (Å²) in [4.78, 5) is 19.4. The number of hydrogen-bond donors (Lipinski definition) is 0. The van der Waals surface area contributed by atoms with E-state index in [2.05, 4.69) is 32.6 Å². The Kier molecular flexibility index (Phi) is 4.68. The minimum absolute atomic E-state index is 0.127. The monoisotopic (exact) mass is 308 g/mol. The molecule has 0 aromatic carbocycles. The highest BCUT2D eigenvalue weighted by molar-refractivity contribution is 5.90. The van der Waals surface area contributed by atoms with Gasteiger partial charge in [0.2, 0.25) is 0 Å². The Morgan fingerprint density at radius 1 is 1.27 bits per heavy atom. The Hall–Kier alpha value is -1.33. The maximum Gasteiger partial charge on any atom is 0.312 e. The fourth-order valence-electron chi connectivity index (χ4n) is 3.44. The van der Waals surface area contributed by atoms with Crippen LogP contribution >= 0.6 is 0 Å². The molecule has 5 nitrogen and oxygen atoms in total. The van der Waals surface area contributed by atoms with Crippen molar-refractivity contribution in [3.05, 3.63) is 23.7 Å². The van der Waals surface area contributed by atoms with Crippen LogP contribution in [0.25, 0.3) is 0 Å². The van der Waals surface area contributed by atoms with Crippen LogP contribution in [0.4, 0.5) is 0 Å². The van der Waals surface area contributed by atoms with E-state index in [4.69, 9.17) is 9.25 Å². The summed E-state index contributed by atoms with van der Waals surface area (Å²) in [5.74, 6) is 0.855. The van der Waals surface area contributed by atoms with Crippen molar-refractivity contribution in [1.82, 2.24) is 9.96 Å². The molecule has 1 aliphatic heterocycles. The minimum atomic E-state index is -0.272. The van der Waals surface area contributed by atoms with Crippen molar-refractivity contribution in [3.8, 4) is 0 Å². The van der Waals surface area contributed by atoms with Gasteiger partial charge in [0.1, 0.15) is 5.76 Å². The van der Waals surface area contributed by atoms with Gasteiger partial charge in [-0.2, -0.15) is 0 Å². The Labute approximate surface area is 133 Å². The highest BCUT2D eigenvalue weighted by atomic mass is 16.7. The van der Waals surface area contributed by atoms with Crippen LogP contribution in [0, 0.1) is 0 Å². The number of carbonyl (C=O) groups is 1. The first-order chi connectivity index (χ1) is 10.2. The van der Waals surface area contributed by atoms with Gasteiger partial charge >= 0.3 is 5.91 Å². The summed E-state index contributed by atoms with van der Waals surface area (Å²) < 4.78 is 5.74. The van der Waals surface area contributed by atoms with Crippen LogP contribution in [0.1, 0.15) is 63.3 Å². The highest BCUT2D eigenvalue weighted by Gasteiger charge is 2.41. The molecule has 124 valence electrons. The van der Waals surface area contributed by atoms with E-state index in [9.17, 15) is 4.79 Å². The van der Waals surface area contributed by atoms with Gasteiger partial charge in [0, 0.05) is 18.1 Å². The van der Waals surface area contributed by atoms with E-state index < -0.39 is 0 Å². The van der Waals surface area contributed by atoms with Crippen LogP contribution in [0.5, 0.6) is 0 Å². The molecule has 1 amide bonds. The topological polar surface area (TPSA) is 45.9 Å². The Morgan fingerprint density at radius 2 is 1.86 bits per heavy atom. The third-order valence-electron chi connectivity index (χ3n) is 4.78. The quantitative estimate of drug-likeness (QED) is 0.799. The standard InChI is InChI=1S/C17H28N2O3/c1-16(2)10-7-11-17(3,4)19(16)12-13-8-9-14(22-13)15(20)18(5)21-6/h8-9H,7,10-12H2,1-6H3. The molecule has 0 saturated carbocycles. The van der Waals surface area contributed by atoms with Gasteiger partial charge in [0.25, 0.3) is 0 Å². The fourth-order valence-corrected chi connectivity index (χ4v) is 3.44. The zero-order valence-electron chi connectivity index (χ0n) is 14.6. The Bertz CT molecular complexity index is 518. The van der Waals surface area contributed by atoms with Gasteiger partial charge in [-0.25, -0.2) is 5.06 Å². The van der Waals surface area contributed by atoms with Gasteiger partial charge in [-0.1, -0.05) is 0 Å². The second kappa shape index (κ2) is 6.05. The SMILES string of the molecule is CON(C)C(=O)c1ccc(CN2C(C)(C)CCCC2(C)C)o1. The fraction of sp³-hybridized carbons (Fsp3) is 0.706. The van der Waals surface area contributed by atoms with Crippen LogP contribution in [-0.4, -0.2) is 41.1 Å². The maximum atomic E-state index is 12.0. The summed E-state index contributed by atoms with van der Waals surface area (Å²) in [5, 5.41) is 1.16. The van der Waals surface area contributed by atoms with E-state index in [1.165, 1.54) is 26.4 Å².